The van der Waals surface area contributed by atoms with Gasteiger partial charge in [0.05, 0.1) is 12.6 Å². The van der Waals surface area contributed by atoms with Gasteiger partial charge in [-0.1, -0.05) is 37.3 Å². The summed E-state index contributed by atoms with van der Waals surface area (Å²) < 4.78 is 32.8. The van der Waals surface area contributed by atoms with E-state index >= 15 is 0 Å². The van der Waals surface area contributed by atoms with Gasteiger partial charge < -0.3 is 10.1 Å². The van der Waals surface area contributed by atoms with Crippen molar-refractivity contribution in [1.82, 2.24) is 10.6 Å². The van der Waals surface area contributed by atoms with E-state index in [4.69, 9.17) is 4.74 Å². The molecule has 0 aliphatic carbocycles. The molecule has 0 saturated carbocycles. The number of guanidine groups is 1. The quantitative estimate of drug-likeness (QED) is 0.183. The van der Waals surface area contributed by atoms with Crippen LogP contribution in [0.1, 0.15) is 81.1 Å². The Hall–Kier alpha value is -3.32. The summed E-state index contributed by atoms with van der Waals surface area (Å²) in [4.78, 5) is 17.6. The Bertz CT molecular complexity index is 1140. The monoisotopic (exact) mass is 537 g/mol. The Morgan fingerprint density at radius 2 is 1.79 bits per heavy atom. The molecule has 0 aromatic heterocycles. The number of halogens is 2. The number of benzene rings is 2. The first-order chi connectivity index (χ1) is 18.7. The third-order valence-electron chi connectivity index (χ3n) is 7.01. The van der Waals surface area contributed by atoms with Crippen LogP contribution in [-0.2, 0) is 4.74 Å². The molecule has 1 aliphatic rings. The van der Waals surface area contributed by atoms with E-state index < -0.39 is 5.82 Å². The molecule has 1 aliphatic heterocycles. The predicted octanol–water partition coefficient (Wildman–Crippen LogP) is 7.07. The van der Waals surface area contributed by atoms with Gasteiger partial charge in [0, 0.05) is 18.2 Å². The van der Waals surface area contributed by atoms with Crippen LogP contribution < -0.4 is 10.6 Å². The van der Waals surface area contributed by atoms with Crippen LogP contribution in [0.15, 0.2) is 77.3 Å². The van der Waals surface area contributed by atoms with Crippen LogP contribution in [0.3, 0.4) is 0 Å². The van der Waals surface area contributed by atoms with Crippen molar-refractivity contribution in [2.45, 2.75) is 77.4 Å². The Morgan fingerprint density at radius 3 is 2.38 bits per heavy atom. The average Bonchev–Trinajstić information content (AvgIpc) is 2.92. The number of allylic oxidation sites excluding steroid dienone is 3. The number of hydrogen-bond donors (Lipinski definition) is 2. The Balaban J connectivity index is 1.77. The van der Waals surface area contributed by atoms with Crippen molar-refractivity contribution in [3.05, 3.63) is 95.1 Å². The lowest BCUT2D eigenvalue weighted by molar-refractivity contribution is 0.0224. The lowest BCUT2D eigenvalue weighted by atomic mass is 9.88. The summed E-state index contributed by atoms with van der Waals surface area (Å²) in [6.07, 6.45) is 7.70. The molecule has 1 amide bonds. The lowest BCUT2D eigenvalue weighted by Gasteiger charge is -2.25. The third-order valence-corrected chi connectivity index (χ3v) is 7.01. The summed E-state index contributed by atoms with van der Waals surface area (Å²) in [5.74, 6) is -0.566. The normalized spacial score (nSPS) is 17.8. The van der Waals surface area contributed by atoms with Crippen LogP contribution in [0.5, 0.6) is 0 Å². The zero-order valence-corrected chi connectivity index (χ0v) is 23.3. The second-order valence-electron chi connectivity index (χ2n) is 10.3. The number of aliphatic imine (C=N–C) groups is 1. The number of ether oxygens (including phenoxy) is 1. The van der Waals surface area contributed by atoms with Crippen molar-refractivity contribution in [1.29, 1.82) is 0 Å². The number of nitrogens with zero attached hydrogens (tertiary/aromatic N) is 1. The van der Waals surface area contributed by atoms with Crippen molar-refractivity contribution >= 4 is 11.9 Å². The fourth-order valence-electron chi connectivity index (χ4n) is 4.77. The van der Waals surface area contributed by atoms with Gasteiger partial charge in [0.2, 0.25) is 0 Å². The molecule has 2 aromatic carbocycles. The van der Waals surface area contributed by atoms with Gasteiger partial charge in [-0.05, 0) is 106 Å². The fourth-order valence-corrected chi connectivity index (χ4v) is 4.77. The lowest BCUT2D eigenvalue weighted by Crippen LogP contribution is -2.46. The van der Waals surface area contributed by atoms with Crippen LogP contribution in [-0.4, -0.2) is 37.2 Å². The van der Waals surface area contributed by atoms with Crippen molar-refractivity contribution in [2.24, 2.45) is 4.99 Å². The molecule has 3 rings (SSSR count). The van der Waals surface area contributed by atoms with Crippen LogP contribution in [0.25, 0.3) is 0 Å². The average molecular weight is 538 g/mol. The van der Waals surface area contributed by atoms with E-state index in [0.717, 1.165) is 56.3 Å². The largest absolute Gasteiger partial charge is 0.376 e. The molecular formula is C32H41F2N3O2. The zero-order chi connectivity index (χ0) is 28.2. The first-order valence-electron chi connectivity index (χ1n) is 13.8. The van der Waals surface area contributed by atoms with Gasteiger partial charge in [0.1, 0.15) is 11.6 Å². The molecule has 0 bridgehead atoms. The molecule has 1 fully saturated rings. The summed E-state index contributed by atoms with van der Waals surface area (Å²) in [5, 5.41) is 6.25. The molecule has 3 atom stereocenters. The first-order valence-corrected chi connectivity index (χ1v) is 13.8. The van der Waals surface area contributed by atoms with Crippen molar-refractivity contribution in [3.8, 4) is 0 Å². The Morgan fingerprint density at radius 1 is 1.13 bits per heavy atom. The molecule has 39 heavy (non-hydrogen) atoms. The molecule has 2 N–H and O–H groups in total. The minimum Gasteiger partial charge on any atom is -0.376 e. The summed E-state index contributed by atoms with van der Waals surface area (Å²) in [6, 6.07) is 12.0. The number of hydrogen-bond acceptors (Lipinski definition) is 3. The predicted molar refractivity (Wildman–Crippen MR) is 154 cm³/mol. The Labute approximate surface area is 231 Å². The highest BCUT2D eigenvalue weighted by molar-refractivity contribution is 6.05. The van der Waals surface area contributed by atoms with Crippen LogP contribution in [0, 0.1) is 11.6 Å². The molecule has 7 heteroatoms. The standard InChI is InChI=1S/C32H41F2N3O2/c1-5-24(22(2)3)9-10-27(25-11-15-28(33)16-12-25)20-23(4)36-32(35-21-30-8-6-7-19-39-30)37-31(38)26-13-17-29(34)18-14-26/h9,11-18,23,27,30H,2,5-8,10,19-21H2,1,3-4H3,(H2,35,36,37,38). The molecule has 3 unspecified atom stereocenters. The molecule has 0 spiro atoms. The maximum atomic E-state index is 13.7. The summed E-state index contributed by atoms with van der Waals surface area (Å²) in [7, 11) is 0. The number of amides is 1. The van der Waals surface area contributed by atoms with Gasteiger partial charge in [-0.2, -0.15) is 0 Å². The Kier molecular flexibility index (Phi) is 11.9. The third kappa shape index (κ3) is 10.1. The van der Waals surface area contributed by atoms with E-state index in [-0.39, 0.29) is 29.8 Å². The number of nitrogens with one attached hydrogen (secondary N) is 2. The summed E-state index contributed by atoms with van der Waals surface area (Å²) in [6.45, 7) is 11.4. The highest BCUT2D eigenvalue weighted by Gasteiger charge is 2.19. The fraction of sp³-hybridized carbons (Fsp3) is 0.438. The van der Waals surface area contributed by atoms with Crippen molar-refractivity contribution in [2.75, 3.05) is 13.2 Å². The van der Waals surface area contributed by atoms with E-state index in [0.29, 0.717) is 18.1 Å². The maximum absolute atomic E-state index is 13.7. The minimum absolute atomic E-state index is 0.0142. The van der Waals surface area contributed by atoms with E-state index in [9.17, 15) is 13.6 Å². The number of carbonyl (C=O) groups excluding carboxylic acids is 1. The van der Waals surface area contributed by atoms with E-state index in [1.54, 1.807) is 0 Å². The first kappa shape index (κ1) is 30.2. The van der Waals surface area contributed by atoms with Gasteiger partial charge in [-0.25, -0.2) is 8.78 Å². The van der Waals surface area contributed by atoms with Gasteiger partial charge in [-0.15, -0.1) is 0 Å². The van der Waals surface area contributed by atoms with Gasteiger partial charge in [0.15, 0.2) is 5.96 Å². The van der Waals surface area contributed by atoms with Crippen LogP contribution in [0.2, 0.25) is 0 Å². The molecule has 5 nitrogen and oxygen atoms in total. The molecular weight excluding hydrogens is 496 g/mol. The van der Waals surface area contributed by atoms with E-state index in [1.165, 1.54) is 42.0 Å². The van der Waals surface area contributed by atoms with Gasteiger partial charge >= 0.3 is 0 Å². The van der Waals surface area contributed by atoms with E-state index in [2.05, 4.69) is 35.2 Å². The molecule has 1 saturated heterocycles. The second-order valence-corrected chi connectivity index (χ2v) is 10.3. The molecule has 210 valence electrons. The summed E-state index contributed by atoms with van der Waals surface area (Å²) in [5.41, 5.74) is 3.64. The van der Waals surface area contributed by atoms with Crippen LogP contribution >= 0.6 is 0 Å². The second kappa shape index (κ2) is 15.3. The number of carbonyl (C=O) groups is 1. The molecule has 0 radical (unpaired) electrons. The highest BCUT2D eigenvalue weighted by Crippen LogP contribution is 2.28. The summed E-state index contributed by atoms with van der Waals surface area (Å²) >= 11 is 0. The molecule has 2 aromatic rings. The smallest absolute Gasteiger partial charge is 0.257 e. The van der Waals surface area contributed by atoms with Crippen LogP contribution in [0.4, 0.5) is 8.78 Å². The number of rotatable bonds is 11. The maximum Gasteiger partial charge on any atom is 0.257 e. The van der Waals surface area contributed by atoms with Gasteiger partial charge in [0.25, 0.3) is 5.91 Å². The topological polar surface area (TPSA) is 62.7 Å². The van der Waals surface area contributed by atoms with Crippen molar-refractivity contribution < 1.29 is 18.3 Å². The van der Waals surface area contributed by atoms with Gasteiger partial charge in [-0.3, -0.25) is 15.1 Å². The SMILES string of the molecule is C=C(C)C(=CCC(CC(C)NC(=NCC1CCCCO1)NC(=O)c1ccc(F)cc1)c1ccc(F)cc1)CC. The molecule has 1 heterocycles. The zero-order valence-electron chi connectivity index (χ0n) is 23.3. The minimum atomic E-state index is -0.402. The highest BCUT2D eigenvalue weighted by atomic mass is 19.1. The van der Waals surface area contributed by atoms with E-state index in [1.807, 2.05) is 26.0 Å². The van der Waals surface area contributed by atoms with Crippen molar-refractivity contribution in [3.63, 3.8) is 0 Å².